The third-order valence-corrected chi connectivity index (χ3v) is 6.23. The van der Waals surface area contributed by atoms with E-state index >= 15 is 0 Å². The van der Waals surface area contributed by atoms with Gasteiger partial charge in [-0.1, -0.05) is 121 Å². The Morgan fingerprint density at radius 2 is 1.15 bits per heavy atom. The van der Waals surface area contributed by atoms with Crippen molar-refractivity contribution in [3.63, 3.8) is 0 Å². The van der Waals surface area contributed by atoms with E-state index in [1.807, 2.05) is 42.1 Å². The van der Waals surface area contributed by atoms with Gasteiger partial charge >= 0.3 is 0 Å². The number of aliphatic hydroxyl groups is 1. The van der Waals surface area contributed by atoms with Gasteiger partial charge in [-0.15, -0.1) is 0 Å². The summed E-state index contributed by atoms with van der Waals surface area (Å²) in [6, 6.07) is 10.0. The minimum atomic E-state index is -0.312. The number of hydrogen-bond donors (Lipinski definition) is 1. The number of unbranched alkanes of at least 4 members (excludes halogenated alkanes) is 13. The van der Waals surface area contributed by atoms with E-state index < -0.39 is 0 Å². The maximum atomic E-state index is 10.1. The molecule has 0 heterocycles. The van der Waals surface area contributed by atoms with Crippen molar-refractivity contribution in [1.29, 1.82) is 0 Å². The average molecular weight is 379 g/mol. The summed E-state index contributed by atoms with van der Waals surface area (Å²) in [6.07, 6.45) is 19.5. The molecule has 0 aliphatic carbocycles. The summed E-state index contributed by atoms with van der Waals surface area (Å²) in [5.74, 6) is 2.00. The van der Waals surface area contributed by atoms with Crippen molar-refractivity contribution in [3.05, 3.63) is 35.9 Å². The van der Waals surface area contributed by atoms with Crippen LogP contribution in [0.1, 0.15) is 108 Å². The first kappa shape index (κ1) is 23.6. The fourth-order valence-corrected chi connectivity index (χ4v) is 4.36. The SMILES string of the molecule is CCCCCCCCCCCCCCCCSCC(O)c1ccccc1. The molecule has 0 aliphatic rings. The average Bonchev–Trinajstić information content (AvgIpc) is 2.68. The summed E-state index contributed by atoms with van der Waals surface area (Å²) in [5.41, 5.74) is 1.04. The zero-order chi connectivity index (χ0) is 18.7. The van der Waals surface area contributed by atoms with E-state index in [2.05, 4.69) is 6.92 Å². The van der Waals surface area contributed by atoms with Crippen LogP contribution in [0.4, 0.5) is 0 Å². The van der Waals surface area contributed by atoms with Crippen LogP contribution >= 0.6 is 11.8 Å². The Kier molecular flexibility index (Phi) is 16.2. The van der Waals surface area contributed by atoms with Gasteiger partial charge in [0, 0.05) is 5.75 Å². The minimum absolute atomic E-state index is 0.312. The first-order chi connectivity index (χ1) is 12.8. The van der Waals surface area contributed by atoms with Crippen molar-refractivity contribution in [2.24, 2.45) is 0 Å². The monoisotopic (exact) mass is 378 g/mol. The highest BCUT2D eigenvalue weighted by atomic mass is 32.2. The maximum Gasteiger partial charge on any atom is 0.0880 e. The zero-order valence-corrected chi connectivity index (χ0v) is 17.9. The molecule has 0 bridgehead atoms. The molecular weight excluding hydrogens is 336 g/mol. The third-order valence-electron chi connectivity index (χ3n) is 5.10. The van der Waals surface area contributed by atoms with Gasteiger partial charge in [0.1, 0.15) is 0 Å². The molecule has 0 aliphatic heterocycles. The molecule has 1 rings (SSSR count). The summed E-state index contributed by atoms with van der Waals surface area (Å²) in [6.45, 7) is 2.29. The van der Waals surface area contributed by atoms with Crippen molar-refractivity contribution >= 4 is 11.8 Å². The molecule has 150 valence electrons. The summed E-state index contributed by atoms with van der Waals surface area (Å²) < 4.78 is 0. The van der Waals surface area contributed by atoms with E-state index in [-0.39, 0.29) is 6.10 Å². The summed E-state index contributed by atoms with van der Waals surface area (Å²) in [7, 11) is 0. The van der Waals surface area contributed by atoms with Crippen LogP contribution in [0.25, 0.3) is 0 Å². The Morgan fingerprint density at radius 3 is 1.65 bits per heavy atom. The van der Waals surface area contributed by atoms with Crippen LogP contribution in [-0.4, -0.2) is 16.6 Å². The van der Waals surface area contributed by atoms with E-state index in [1.54, 1.807) is 0 Å². The lowest BCUT2D eigenvalue weighted by atomic mass is 10.0. The summed E-state index contributed by atoms with van der Waals surface area (Å²) in [5, 5.41) is 10.1. The van der Waals surface area contributed by atoms with Crippen molar-refractivity contribution in [3.8, 4) is 0 Å². The topological polar surface area (TPSA) is 20.2 Å². The normalized spacial score (nSPS) is 12.4. The molecule has 1 aromatic carbocycles. The molecule has 0 amide bonds. The fourth-order valence-electron chi connectivity index (χ4n) is 3.37. The summed E-state index contributed by atoms with van der Waals surface area (Å²) >= 11 is 1.89. The number of hydrogen-bond acceptors (Lipinski definition) is 2. The first-order valence-corrected chi connectivity index (χ1v) is 12.3. The molecule has 1 atom stereocenters. The van der Waals surface area contributed by atoms with E-state index in [0.29, 0.717) is 0 Å². The number of thioether (sulfide) groups is 1. The van der Waals surface area contributed by atoms with Crippen molar-refractivity contribution in [2.75, 3.05) is 11.5 Å². The van der Waals surface area contributed by atoms with Gasteiger partial charge in [0.25, 0.3) is 0 Å². The molecule has 2 heteroatoms. The van der Waals surface area contributed by atoms with Gasteiger partial charge in [-0.05, 0) is 17.7 Å². The fraction of sp³-hybridized carbons (Fsp3) is 0.750. The Labute approximate surface area is 167 Å². The summed E-state index contributed by atoms with van der Waals surface area (Å²) in [4.78, 5) is 0. The highest BCUT2D eigenvalue weighted by molar-refractivity contribution is 7.99. The standard InChI is InChI=1S/C24H42OS/c1-2-3-4-5-6-7-8-9-10-11-12-13-14-18-21-26-22-24(25)23-19-16-15-17-20-23/h15-17,19-20,24-25H,2-14,18,21-22H2,1H3. The van der Waals surface area contributed by atoms with E-state index in [0.717, 1.165) is 11.3 Å². The smallest absolute Gasteiger partial charge is 0.0880 e. The quantitative estimate of drug-likeness (QED) is 0.262. The van der Waals surface area contributed by atoms with Crippen LogP contribution in [0.3, 0.4) is 0 Å². The number of rotatable bonds is 18. The van der Waals surface area contributed by atoms with Crippen LogP contribution in [0.5, 0.6) is 0 Å². The van der Waals surface area contributed by atoms with Crippen molar-refractivity contribution < 1.29 is 5.11 Å². The molecule has 1 aromatic rings. The van der Waals surface area contributed by atoms with Crippen LogP contribution in [0.2, 0.25) is 0 Å². The van der Waals surface area contributed by atoms with Crippen LogP contribution in [0, 0.1) is 0 Å². The molecule has 0 aromatic heterocycles. The van der Waals surface area contributed by atoms with Gasteiger partial charge < -0.3 is 5.11 Å². The van der Waals surface area contributed by atoms with Gasteiger partial charge in [0.2, 0.25) is 0 Å². The highest BCUT2D eigenvalue weighted by Crippen LogP contribution is 2.19. The van der Waals surface area contributed by atoms with E-state index in [1.165, 1.54) is 95.6 Å². The molecule has 0 fully saturated rings. The molecule has 1 N–H and O–H groups in total. The van der Waals surface area contributed by atoms with Gasteiger partial charge in [0.15, 0.2) is 0 Å². The zero-order valence-electron chi connectivity index (χ0n) is 17.1. The van der Waals surface area contributed by atoms with Crippen LogP contribution < -0.4 is 0 Å². The highest BCUT2D eigenvalue weighted by Gasteiger charge is 2.06. The predicted molar refractivity (Wildman–Crippen MR) is 119 cm³/mol. The largest absolute Gasteiger partial charge is 0.388 e. The Balaban J connectivity index is 1.76. The Morgan fingerprint density at radius 1 is 0.692 bits per heavy atom. The minimum Gasteiger partial charge on any atom is -0.388 e. The molecule has 1 unspecified atom stereocenters. The second kappa shape index (κ2) is 17.9. The maximum absolute atomic E-state index is 10.1. The predicted octanol–water partition coefficient (Wildman–Crippen LogP) is 7.93. The second-order valence-corrected chi connectivity index (χ2v) is 8.75. The van der Waals surface area contributed by atoms with E-state index in [4.69, 9.17) is 0 Å². The third kappa shape index (κ3) is 13.7. The molecular formula is C24H42OS. The van der Waals surface area contributed by atoms with Gasteiger partial charge in [-0.25, -0.2) is 0 Å². The lowest BCUT2D eigenvalue weighted by Gasteiger charge is -2.10. The van der Waals surface area contributed by atoms with Crippen LogP contribution in [-0.2, 0) is 0 Å². The molecule has 26 heavy (non-hydrogen) atoms. The van der Waals surface area contributed by atoms with Gasteiger partial charge in [0.05, 0.1) is 6.10 Å². The number of aliphatic hydroxyl groups excluding tert-OH is 1. The van der Waals surface area contributed by atoms with Gasteiger partial charge in [-0.2, -0.15) is 11.8 Å². The lowest BCUT2D eigenvalue weighted by molar-refractivity contribution is 0.204. The molecule has 1 nitrogen and oxygen atoms in total. The second-order valence-electron chi connectivity index (χ2n) is 7.60. The van der Waals surface area contributed by atoms with Crippen molar-refractivity contribution in [1.82, 2.24) is 0 Å². The van der Waals surface area contributed by atoms with Crippen molar-refractivity contribution in [2.45, 2.75) is 103 Å². The molecule has 0 spiro atoms. The first-order valence-electron chi connectivity index (χ1n) is 11.2. The lowest BCUT2D eigenvalue weighted by Crippen LogP contribution is -2.00. The Hall–Kier alpha value is -0.470. The number of benzene rings is 1. The molecule has 0 saturated carbocycles. The molecule has 0 saturated heterocycles. The Bertz CT molecular complexity index is 392. The van der Waals surface area contributed by atoms with Crippen LogP contribution in [0.15, 0.2) is 30.3 Å². The molecule has 0 radical (unpaired) electrons. The van der Waals surface area contributed by atoms with Gasteiger partial charge in [-0.3, -0.25) is 0 Å². The van der Waals surface area contributed by atoms with E-state index in [9.17, 15) is 5.11 Å².